The molecule has 0 amide bonds. The highest BCUT2D eigenvalue weighted by Crippen LogP contribution is 2.34. The van der Waals surface area contributed by atoms with Crippen molar-refractivity contribution in [1.82, 2.24) is 34.9 Å². The van der Waals surface area contributed by atoms with Crippen LogP contribution in [0.4, 0.5) is 0 Å². The van der Waals surface area contributed by atoms with E-state index in [9.17, 15) is 0 Å². The van der Waals surface area contributed by atoms with Crippen molar-refractivity contribution in [2.45, 2.75) is 0 Å². The van der Waals surface area contributed by atoms with E-state index in [4.69, 9.17) is 4.42 Å². The zero-order valence-electron chi connectivity index (χ0n) is 15.4. The minimum atomic E-state index is 0.835. The predicted molar refractivity (Wildman–Crippen MR) is 109 cm³/mol. The van der Waals surface area contributed by atoms with Crippen LogP contribution in [-0.4, -0.2) is 34.9 Å². The van der Waals surface area contributed by atoms with E-state index in [1.165, 1.54) is 0 Å². The summed E-state index contributed by atoms with van der Waals surface area (Å²) < 4.78 is 7.01. The summed E-state index contributed by atoms with van der Waals surface area (Å²) in [4.78, 5) is 12.3. The standard InChI is InChI=1S/C21H15N7O/c1-28-10-13(6-24-28)17-5-15-20(9-23-17)26-27-21(15)18-4-14-16(12-2-3-29-11-12)7-22-8-19(14)25-18/h2-11,25H,1H3,(H,26,27). The number of aryl methyl sites for hydroxylation is 1. The molecule has 0 fully saturated rings. The lowest BCUT2D eigenvalue weighted by atomic mass is 10.1. The fraction of sp³-hybridized carbons (Fsp3) is 0.0476. The van der Waals surface area contributed by atoms with Crippen LogP contribution in [0.1, 0.15) is 0 Å². The molecule has 6 rings (SSSR count). The van der Waals surface area contributed by atoms with Crippen molar-refractivity contribution in [3.05, 3.63) is 61.7 Å². The zero-order chi connectivity index (χ0) is 19.4. The number of hydrogen-bond acceptors (Lipinski definition) is 5. The second-order valence-electron chi connectivity index (χ2n) is 6.93. The number of hydrogen-bond donors (Lipinski definition) is 2. The zero-order valence-corrected chi connectivity index (χ0v) is 15.4. The van der Waals surface area contributed by atoms with Crippen molar-refractivity contribution < 1.29 is 4.42 Å². The number of rotatable bonds is 3. The molecule has 2 N–H and O–H groups in total. The highest BCUT2D eigenvalue weighted by Gasteiger charge is 2.15. The minimum absolute atomic E-state index is 0.835. The highest BCUT2D eigenvalue weighted by molar-refractivity contribution is 6.00. The third kappa shape index (κ3) is 2.46. The van der Waals surface area contributed by atoms with Gasteiger partial charge in [-0.3, -0.25) is 19.7 Å². The van der Waals surface area contributed by atoms with Gasteiger partial charge in [0.05, 0.1) is 53.5 Å². The molecule has 0 atom stereocenters. The number of nitrogens with zero attached hydrogens (tertiary/aromatic N) is 5. The molecular weight excluding hydrogens is 366 g/mol. The number of H-pyrrole nitrogens is 2. The van der Waals surface area contributed by atoms with Gasteiger partial charge >= 0.3 is 0 Å². The smallest absolute Gasteiger partial charge is 0.116 e. The van der Waals surface area contributed by atoms with Crippen LogP contribution in [0.3, 0.4) is 0 Å². The van der Waals surface area contributed by atoms with E-state index >= 15 is 0 Å². The van der Waals surface area contributed by atoms with Gasteiger partial charge in [-0.25, -0.2) is 0 Å². The molecule has 0 aliphatic rings. The second kappa shape index (κ2) is 5.90. The molecule has 0 spiro atoms. The summed E-state index contributed by atoms with van der Waals surface area (Å²) >= 11 is 0. The molecule has 0 aromatic carbocycles. The lowest BCUT2D eigenvalue weighted by Gasteiger charge is -1.98. The van der Waals surface area contributed by atoms with Gasteiger partial charge in [0.15, 0.2) is 0 Å². The van der Waals surface area contributed by atoms with Gasteiger partial charge in [0.25, 0.3) is 0 Å². The Labute approximate surface area is 164 Å². The van der Waals surface area contributed by atoms with Gasteiger partial charge in [0.2, 0.25) is 0 Å². The summed E-state index contributed by atoms with van der Waals surface area (Å²) in [7, 11) is 1.89. The maximum Gasteiger partial charge on any atom is 0.116 e. The summed E-state index contributed by atoms with van der Waals surface area (Å²) in [5.74, 6) is 0. The van der Waals surface area contributed by atoms with Gasteiger partial charge < -0.3 is 9.40 Å². The first kappa shape index (κ1) is 15.8. The number of aromatic amines is 2. The predicted octanol–water partition coefficient (Wildman–Crippen LogP) is 4.16. The normalized spacial score (nSPS) is 11.6. The van der Waals surface area contributed by atoms with Crippen LogP contribution in [0.15, 0.2) is 66.1 Å². The van der Waals surface area contributed by atoms with Crippen LogP contribution in [0, 0.1) is 0 Å². The van der Waals surface area contributed by atoms with Crippen LogP contribution >= 0.6 is 0 Å². The molecule has 0 aliphatic carbocycles. The molecule has 6 heterocycles. The maximum absolute atomic E-state index is 5.24. The summed E-state index contributed by atoms with van der Waals surface area (Å²) in [6, 6.07) is 6.06. The van der Waals surface area contributed by atoms with E-state index in [-0.39, 0.29) is 0 Å². The molecule has 0 saturated heterocycles. The SMILES string of the molecule is Cn1cc(-c2cc3c(-c4cc5c(-c6ccoc6)cncc5[nH]4)n[nH]c3cn2)cn1. The Morgan fingerprint density at radius 2 is 1.97 bits per heavy atom. The van der Waals surface area contributed by atoms with Gasteiger partial charge in [-0.1, -0.05) is 0 Å². The Kier molecular flexibility index (Phi) is 3.22. The Balaban J connectivity index is 1.53. The van der Waals surface area contributed by atoms with E-state index < -0.39 is 0 Å². The van der Waals surface area contributed by atoms with Crippen LogP contribution in [-0.2, 0) is 7.05 Å². The largest absolute Gasteiger partial charge is 0.472 e. The summed E-state index contributed by atoms with van der Waals surface area (Å²) in [6.07, 6.45) is 12.6. The lowest BCUT2D eigenvalue weighted by Crippen LogP contribution is -1.85. The fourth-order valence-electron chi connectivity index (χ4n) is 3.66. The first-order valence-corrected chi connectivity index (χ1v) is 9.09. The third-order valence-electron chi connectivity index (χ3n) is 5.08. The number of aromatic nitrogens is 7. The molecule has 0 radical (unpaired) electrons. The molecular formula is C21H15N7O. The van der Waals surface area contributed by atoms with Crippen LogP contribution in [0.25, 0.3) is 55.6 Å². The maximum atomic E-state index is 5.24. The Bertz CT molecular complexity index is 1470. The van der Waals surface area contributed by atoms with Crippen molar-refractivity contribution in [1.29, 1.82) is 0 Å². The first-order valence-electron chi connectivity index (χ1n) is 9.09. The van der Waals surface area contributed by atoms with E-state index in [1.54, 1.807) is 29.6 Å². The summed E-state index contributed by atoms with van der Waals surface area (Å²) in [6.45, 7) is 0. The monoisotopic (exact) mass is 381 g/mol. The molecule has 0 bridgehead atoms. The van der Waals surface area contributed by atoms with Gasteiger partial charge in [0.1, 0.15) is 5.69 Å². The van der Waals surface area contributed by atoms with Crippen molar-refractivity contribution in [2.75, 3.05) is 0 Å². The van der Waals surface area contributed by atoms with E-state index in [2.05, 4.69) is 36.3 Å². The van der Waals surface area contributed by atoms with Crippen molar-refractivity contribution in [2.24, 2.45) is 7.05 Å². The van der Waals surface area contributed by atoms with Gasteiger partial charge in [-0.15, -0.1) is 0 Å². The van der Waals surface area contributed by atoms with Gasteiger partial charge in [-0.05, 0) is 18.2 Å². The molecule has 140 valence electrons. The molecule has 0 aliphatic heterocycles. The summed E-state index contributed by atoms with van der Waals surface area (Å²) in [5, 5.41) is 13.9. The Hall–Kier alpha value is -4.20. The van der Waals surface area contributed by atoms with Gasteiger partial charge in [0, 0.05) is 46.9 Å². The number of fused-ring (bicyclic) bond motifs is 2. The number of furan rings is 1. The van der Waals surface area contributed by atoms with E-state index in [0.29, 0.717) is 0 Å². The molecule has 8 heteroatoms. The second-order valence-corrected chi connectivity index (χ2v) is 6.93. The van der Waals surface area contributed by atoms with Crippen molar-refractivity contribution in [3.63, 3.8) is 0 Å². The topological polar surface area (TPSA) is 101 Å². The quantitative estimate of drug-likeness (QED) is 0.479. The molecule has 29 heavy (non-hydrogen) atoms. The van der Waals surface area contributed by atoms with E-state index in [1.807, 2.05) is 37.8 Å². The minimum Gasteiger partial charge on any atom is -0.472 e. The van der Waals surface area contributed by atoms with Gasteiger partial charge in [-0.2, -0.15) is 10.2 Å². The molecule has 6 aromatic heterocycles. The highest BCUT2D eigenvalue weighted by atomic mass is 16.3. The molecule has 6 aromatic rings. The average molecular weight is 381 g/mol. The lowest BCUT2D eigenvalue weighted by molar-refractivity contribution is 0.568. The van der Waals surface area contributed by atoms with Crippen molar-refractivity contribution in [3.8, 4) is 33.8 Å². The Morgan fingerprint density at radius 1 is 1.00 bits per heavy atom. The number of pyridine rings is 2. The van der Waals surface area contributed by atoms with Crippen LogP contribution < -0.4 is 0 Å². The first-order chi connectivity index (χ1) is 14.3. The number of nitrogens with one attached hydrogen (secondary N) is 2. The summed E-state index contributed by atoms with van der Waals surface area (Å²) in [5.41, 5.74) is 7.37. The Morgan fingerprint density at radius 3 is 2.79 bits per heavy atom. The van der Waals surface area contributed by atoms with Crippen molar-refractivity contribution >= 4 is 21.8 Å². The van der Waals surface area contributed by atoms with Crippen LogP contribution in [0.2, 0.25) is 0 Å². The molecule has 8 nitrogen and oxygen atoms in total. The van der Waals surface area contributed by atoms with E-state index in [0.717, 1.165) is 55.6 Å². The molecule has 0 unspecified atom stereocenters. The third-order valence-corrected chi connectivity index (χ3v) is 5.08. The average Bonchev–Trinajstić information content (AvgIpc) is 3.51. The fourth-order valence-corrected chi connectivity index (χ4v) is 3.66. The van der Waals surface area contributed by atoms with Crippen LogP contribution in [0.5, 0.6) is 0 Å². The molecule has 0 saturated carbocycles.